The molecule has 1 aliphatic heterocycles. The Morgan fingerprint density at radius 2 is 2.16 bits per heavy atom. The number of amides is 1. The number of likely N-dealkylation sites (tertiary alicyclic amines) is 1. The number of allylic oxidation sites excluding steroid dienone is 1. The van der Waals surface area contributed by atoms with E-state index in [1.165, 1.54) is 6.20 Å². The van der Waals surface area contributed by atoms with Gasteiger partial charge in [-0.3, -0.25) is 9.59 Å². The minimum atomic E-state index is -0.216. The Kier molecular flexibility index (Phi) is 4.84. The van der Waals surface area contributed by atoms with Gasteiger partial charge in [0.05, 0.1) is 18.1 Å². The third kappa shape index (κ3) is 3.27. The molecule has 1 aromatic rings. The van der Waals surface area contributed by atoms with Crippen molar-refractivity contribution in [3.8, 4) is 6.07 Å². The predicted octanol–water partition coefficient (Wildman–Crippen LogP) is 2.03. The SMILES string of the molecule is CCOC(=O)[C@@H]1[C@H]2CN(C(=O)c3ccc(C#N)nc3)C[C@@H]2C=C[C@@H]1C. The topological polar surface area (TPSA) is 83.3 Å². The molecule has 1 amide bonds. The standard InChI is InChI=1S/C19H21N3O3/c1-3-25-19(24)17-12(2)4-5-14-10-22(11-16(14)17)18(23)13-6-7-15(8-20)21-9-13/h4-7,9,12,14,16-17H,3,10-11H2,1-2H3/t12-,14-,16-,17-/m0/s1. The van der Waals surface area contributed by atoms with E-state index in [0.29, 0.717) is 25.3 Å². The third-order valence-electron chi connectivity index (χ3n) is 5.07. The maximum absolute atomic E-state index is 12.7. The van der Waals surface area contributed by atoms with Gasteiger partial charge in [-0.1, -0.05) is 19.1 Å². The van der Waals surface area contributed by atoms with Crippen LogP contribution >= 0.6 is 0 Å². The third-order valence-corrected chi connectivity index (χ3v) is 5.07. The van der Waals surface area contributed by atoms with E-state index in [-0.39, 0.29) is 41.2 Å². The minimum absolute atomic E-state index is 0.0781. The zero-order valence-corrected chi connectivity index (χ0v) is 14.4. The lowest BCUT2D eigenvalue weighted by atomic mass is 9.72. The van der Waals surface area contributed by atoms with Gasteiger partial charge < -0.3 is 9.64 Å². The molecule has 0 spiro atoms. The molecule has 0 bridgehead atoms. The highest BCUT2D eigenvalue weighted by Crippen LogP contribution is 2.40. The van der Waals surface area contributed by atoms with Crippen LogP contribution in [0.1, 0.15) is 29.9 Å². The van der Waals surface area contributed by atoms with E-state index in [4.69, 9.17) is 10.00 Å². The summed E-state index contributed by atoms with van der Waals surface area (Å²) < 4.78 is 5.25. The zero-order chi connectivity index (χ0) is 18.0. The molecule has 6 nitrogen and oxygen atoms in total. The van der Waals surface area contributed by atoms with Crippen LogP contribution in [0.2, 0.25) is 0 Å². The van der Waals surface area contributed by atoms with Crippen LogP contribution in [0, 0.1) is 35.0 Å². The molecule has 0 unspecified atom stereocenters. The fraction of sp³-hybridized carbons (Fsp3) is 0.474. The van der Waals surface area contributed by atoms with E-state index in [9.17, 15) is 9.59 Å². The van der Waals surface area contributed by atoms with Crippen LogP contribution in [0.25, 0.3) is 0 Å². The lowest BCUT2D eigenvalue weighted by molar-refractivity contribution is -0.152. The molecule has 25 heavy (non-hydrogen) atoms. The number of aromatic nitrogens is 1. The van der Waals surface area contributed by atoms with E-state index in [1.54, 1.807) is 24.0 Å². The van der Waals surface area contributed by atoms with Gasteiger partial charge in [0.15, 0.2) is 0 Å². The van der Waals surface area contributed by atoms with Crippen molar-refractivity contribution in [3.05, 3.63) is 41.7 Å². The van der Waals surface area contributed by atoms with Gasteiger partial charge in [0.25, 0.3) is 5.91 Å². The molecule has 0 saturated carbocycles. The number of carbonyl (C=O) groups is 2. The number of rotatable bonds is 3. The molecule has 1 fully saturated rings. The van der Waals surface area contributed by atoms with Crippen LogP contribution in [0.15, 0.2) is 30.5 Å². The molecule has 0 radical (unpaired) electrons. The van der Waals surface area contributed by atoms with E-state index >= 15 is 0 Å². The van der Waals surface area contributed by atoms with Gasteiger partial charge in [-0.05, 0) is 36.8 Å². The fourth-order valence-corrected chi connectivity index (χ4v) is 3.83. The van der Waals surface area contributed by atoms with Crippen LogP contribution in [0.4, 0.5) is 0 Å². The second kappa shape index (κ2) is 7.06. The molecule has 4 atom stereocenters. The number of pyridine rings is 1. The molecular weight excluding hydrogens is 318 g/mol. The number of ether oxygens (including phenoxy) is 1. The molecule has 130 valence electrons. The number of hydrogen-bond donors (Lipinski definition) is 0. The summed E-state index contributed by atoms with van der Waals surface area (Å²) in [6, 6.07) is 5.11. The number of hydrogen-bond acceptors (Lipinski definition) is 5. The second-order valence-electron chi connectivity index (χ2n) is 6.60. The van der Waals surface area contributed by atoms with Crippen molar-refractivity contribution in [2.75, 3.05) is 19.7 Å². The van der Waals surface area contributed by atoms with Crippen LogP contribution in [0.3, 0.4) is 0 Å². The summed E-state index contributed by atoms with van der Waals surface area (Å²) in [4.78, 5) is 30.8. The van der Waals surface area contributed by atoms with Gasteiger partial charge in [-0.25, -0.2) is 4.98 Å². The molecule has 0 aromatic carbocycles. The Hall–Kier alpha value is -2.68. The van der Waals surface area contributed by atoms with Crippen LogP contribution < -0.4 is 0 Å². The molecule has 3 rings (SSSR count). The second-order valence-corrected chi connectivity index (χ2v) is 6.60. The maximum Gasteiger partial charge on any atom is 0.309 e. The fourth-order valence-electron chi connectivity index (χ4n) is 3.83. The smallest absolute Gasteiger partial charge is 0.309 e. The Bertz CT molecular complexity index is 735. The van der Waals surface area contributed by atoms with Crippen LogP contribution in [0.5, 0.6) is 0 Å². The first kappa shape index (κ1) is 17.2. The first-order valence-electron chi connectivity index (χ1n) is 8.55. The summed E-state index contributed by atoms with van der Waals surface area (Å²) in [6.45, 7) is 5.30. The Morgan fingerprint density at radius 3 is 2.80 bits per heavy atom. The lowest BCUT2D eigenvalue weighted by Crippen LogP contribution is -2.37. The van der Waals surface area contributed by atoms with Gasteiger partial charge in [-0.15, -0.1) is 0 Å². The largest absolute Gasteiger partial charge is 0.466 e. The van der Waals surface area contributed by atoms with Crippen molar-refractivity contribution in [3.63, 3.8) is 0 Å². The average molecular weight is 339 g/mol. The molecule has 1 saturated heterocycles. The Morgan fingerprint density at radius 1 is 1.36 bits per heavy atom. The molecule has 2 aliphatic rings. The summed E-state index contributed by atoms with van der Waals surface area (Å²) in [5, 5.41) is 8.81. The quantitative estimate of drug-likeness (QED) is 0.621. The van der Waals surface area contributed by atoms with Crippen molar-refractivity contribution in [2.45, 2.75) is 13.8 Å². The maximum atomic E-state index is 12.7. The zero-order valence-electron chi connectivity index (χ0n) is 14.4. The molecule has 1 aromatic heterocycles. The highest BCUT2D eigenvalue weighted by atomic mass is 16.5. The van der Waals surface area contributed by atoms with E-state index in [2.05, 4.69) is 17.1 Å². The van der Waals surface area contributed by atoms with E-state index in [0.717, 1.165) is 0 Å². The number of fused-ring (bicyclic) bond motifs is 1. The van der Waals surface area contributed by atoms with Crippen molar-refractivity contribution in [2.24, 2.45) is 23.7 Å². The number of nitriles is 1. The monoisotopic (exact) mass is 339 g/mol. The summed E-state index contributed by atoms with van der Waals surface area (Å²) in [6.07, 6.45) is 5.61. The van der Waals surface area contributed by atoms with Crippen LogP contribution in [-0.2, 0) is 9.53 Å². The molecule has 6 heteroatoms. The Labute approximate surface area is 147 Å². The lowest BCUT2D eigenvalue weighted by Gasteiger charge is -2.31. The number of esters is 1. The van der Waals surface area contributed by atoms with Crippen LogP contribution in [-0.4, -0.2) is 41.5 Å². The van der Waals surface area contributed by atoms with Crippen molar-refractivity contribution in [1.82, 2.24) is 9.88 Å². The predicted molar refractivity (Wildman–Crippen MR) is 90.3 cm³/mol. The van der Waals surface area contributed by atoms with Gasteiger partial charge >= 0.3 is 5.97 Å². The van der Waals surface area contributed by atoms with Crippen molar-refractivity contribution in [1.29, 1.82) is 5.26 Å². The first-order valence-corrected chi connectivity index (χ1v) is 8.55. The summed E-state index contributed by atoms with van der Waals surface area (Å²) in [7, 11) is 0. The normalized spacial score (nSPS) is 27.5. The van der Waals surface area contributed by atoms with Gasteiger partial charge in [0.2, 0.25) is 0 Å². The summed E-state index contributed by atoms with van der Waals surface area (Å²) >= 11 is 0. The van der Waals surface area contributed by atoms with Gasteiger partial charge in [0.1, 0.15) is 11.8 Å². The minimum Gasteiger partial charge on any atom is -0.466 e. The van der Waals surface area contributed by atoms with E-state index in [1.807, 2.05) is 13.0 Å². The number of nitrogens with zero attached hydrogens (tertiary/aromatic N) is 3. The van der Waals surface area contributed by atoms with Crippen molar-refractivity contribution < 1.29 is 14.3 Å². The van der Waals surface area contributed by atoms with Crippen molar-refractivity contribution >= 4 is 11.9 Å². The number of carbonyl (C=O) groups excluding carboxylic acids is 2. The molecular formula is C19H21N3O3. The summed E-state index contributed by atoms with van der Waals surface area (Å²) in [5.41, 5.74) is 0.744. The van der Waals surface area contributed by atoms with E-state index < -0.39 is 0 Å². The summed E-state index contributed by atoms with van der Waals surface area (Å²) in [5.74, 6) is -0.159. The van der Waals surface area contributed by atoms with Gasteiger partial charge in [-0.2, -0.15) is 5.26 Å². The first-order chi connectivity index (χ1) is 12.0. The molecule has 0 N–H and O–H groups in total. The highest BCUT2D eigenvalue weighted by Gasteiger charge is 2.46. The molecule has 2 heterocycles. The average Bonchev–Trinajstić information content (AvgIpc) is 3.05. The van der Waals surface area contributed by atoms with Gasteiger partial charge in [0, 0.05) is 19.3 Å². The molecule has 1 aliphatic carbocycles. The highest BCUT2D eigenvalue weighted by molar-refractivity contribution is 5.94. The Balaban J connectivity index is 1.77.